The molecule has 0 heteroatoms. The van der Waals surface area contributed by atoms with Crippen molar-refractivity contribution in [1.82, 2.24) is 0 Å². The minimum absolute atomic E-state index is 0.585. The average molecular weight is 202 g/mol. The molecule has 4 bridgehead atoms. The van der Waals surface area contributed by atoms with Gasteiger partial charge in [0.1, 0.15) is 0 Å². The summed E-state index contributed by atoms with van der Waals surface area (Å²) in [6.07, 6.45) is 7.62. The van der Waals surface area contributed by atoms with Gasteiger partial charge in [-0.3, -0.25) is 0 Å². The van der Waals surface area contributed by atoms with Crippen molar-refractivity contribution in [3.8, 4) is 0 Å². The number of fused-ring (bicyclic) bond motifs is 1. The Morgan fingerprint density at radius 3 is 2.80 bits per heavy atom. The number of hydrogen-bond acceptors (Lipinski definition) is 0. The van der Waals surface area contributed by atoms with Crippen molar-refractivity contribution in [3.63, 3.8) is 0 Å². The van der Waals surface area contributed by atoms with E-state index < -0.39 is 0 Å². The SMILES string of the molecule is C=C1C=CC2C3C1[C@]2(C)CC[C@@H]3C(C)C. The summed E-state index contributed by atoms with van der Waals surface area (Å²) in [5.74, 6) is 4.41. The average Bonchev–Trinajstić information content (AvgIpc) is 2.17. The Kier molecular flexibility index (Phi) is 1.80. The molecule has 0 aliphatic heterocycles. The fourth-order valence-electron chi connectivity index (χ4n) is 4.81. The van der Waals surface area contributed by atoms with Gasteiger partial charge in [0, 0.05) is 0 Å². The maximum Gasteiger partial charge on any atom is -0.00713 e. The molecule has 0 aromatic rings. The van der Waals surface area contributed by atoms with Crippen LogP contribution in [0.4, 0.5) is 0 Å². The first kappa shape index (κ1) is 9.69. The molecule has 82 valence electrons. The van der Waals surface area contributed by atoms with Gasteiger partial charge in [-0.15, -0.1) is 0 Å². The highest BCUT2D eigenvalue weighted by molar-refractivity contribution is 5.37. The normalized spacial score (nSPS) is 51.9. The number of allylic oxidation sites excluding steroid dienone is 3. The quantitative estimate of drug-likeness (QED) is 0.602. The van der Waals surface area contributed by atoms with Gasteiger partial charge in [-0.1, -0.05) is 45.1 Å². The van der Waals surface area contributed by atoms with Gasteiger partial charge < -0.3 is 0 Å². The first-order valence-electron chi connectivity index (χ1n) is 6.42. The molecule has 4 rings (SSSR count). The molecule has 5 atom stereocenters. The second-order valence-electron chi connectivity index (χ2n) is 6.47. The van der Waals surface area contributed by atoms with Gasteiger partial charge in [-0.2, -0.15) is 0 Å². The highest BCUT2D eigenvalue weighted by Crippen LogP contribution is 2.71. The zero-order valence-electron chi connectivity index (χ0n) is 10.2. The van der Waals surface area contributed by atoms with Crippen LogP contribution < -0.4 is 0 Å². The summed E-state index contributed by atoms with van der Waals surface area (Å²) in [4.78, 5) is 0. The Balaban J connectivity index is 1.98. The van der Waals surface area contributed by atoms with Crippen molar-refractivity contribution in [2.75, 3.05) is 0 Å². The Morgan fingerprint density at radius 2 is 2.20 bits per heavy atom. The standard InChI is InChI=1S/C15H22/c1-9(2)11-7-8-15(4)12-6-5-10(3)14(15)13(11)12/h5-6,9,11-14H,3,7-8H2,1-2,4H3/t11-,12?,13?,14?,15-/m1/s1. The molecule has 2 fully saturated rings. The van der Waals surface area contributed by atoms with Crippen LogP contribution in [-0.2, 0) is 0 Å². The van der Waals surface area contributed by atoms with Crippen molar-refractivity contribution in [2.24, 2.45) is 35.0 Å². The smallest absolute Gasteiger partial charge is 0.00713 e. The van der Waals surface area contributed by atoms with Gasteiger partial charge in [0.25, 0.3) is 0 Å². The van der Waals surface area contributed by atoms with E-state index in [1.165, 1.54) is 18.4 Å². The third-order valence-electron chi connectivity index (χ3n) is 5.56. The first-order chi connectivity index (χ1) is 7.05. The molecule has 0 heterocycles. The molecular weight excluding hydrogens is 180 g/mol. The molecule has 0 radical (unpaired) electrons. The van der Waals surface area contributed by atoms with E-state index in [9.17, 15) is 0 Å². The van der Waals surface area contributed by atoms with Gasteiger partial charge >= 0.3 is 0 Å². The predicted molar refractivity (Wildman–Crippen MR) is 64.4 cm³/mol. The predicted octanol–water partition coefficient (Wildman–Crippen LogP) is 4.05. The summed E-state index contributed by atoms with van der Waals surface area (Å²) in [5.41, 5.74) is 2.00. The summed E-state index contributed by atoms with van der Waals surface area (Å²) in [6, 6.07) is 0. The highest BCUT2D eigenvalue weighted by Gasteiger charge is 2.64. The van der Waals surface area contributed by atoms with Crippen molar-refractivity contribution < 1.29 is 0 Å². The summed E-state index contributed by atoms with van der Waals surface area (Å²) >= 11 is 0. The van der Waals surface area contributed by atoms with Crippen LogP contribution in [0.5, 0.6) is 0 Å². The molecule has 0 nitrogen and oxygen atoms in total. The van der Waals surface area contributed by atoms with Crippen LogP contribution in [0.3, 0.4) is 0 Å². The third-order valence-corrected chi connectivity index (χ3v) is 5.56. The molecule has 0 aromatic heterocycles. The molecule has 0 aromatic carbocycles. The van der Waals surface area contributed by atoms with Gasteiger partial charge in [-0.05, 0) is 47.8 Å². The van der Waals surface area contributed by atoms with E-state index in [4.69, 9.17) is 0 Å². The third kappa shape index (κ3) is 0.984. The largest absolute Gasteiger partial charge is 0.0955 e. The number of rotatable bonds is 1. The second-order valence-corrected chi connectivity index (χ2v) is 6.47. The summed E-state index contributed by atoms with van der Waals surface area (Å²) in [7, 11) is 0. The molecule has 0 amide bonds. The molecule has 2 saturated carbocycles. The summed E-state index contributed by atoms with van der Waals surface area (Å²) < 4.78 is 0. The topological polar surface area (TPSA) is 0 Å². The lowest BCUT2D eigenvalue weighted by Gasteiger charge is -2.69. The lowest BCUT2D eigenvalue weighted by molar-refractivity contribution is -0.156. The van der Waals surface area contributed by atoms with E-state index in [1.807, 2.05) is 0 Å². The number of hydrogen-bond donors (Lipinski definition) is 0. The highest BCUT2D eigenvalue weighted by atomic mass is 14.7. The Hall–Kier alpha value is -0.520. The minimum Gasteiger partial charge on any atom is -0.0955 e. The lowest BCUT2D eigenvalue weighted by Crippen LogP contribution is -2.63. The van der Waals surface area contributed by atoms with Gasteiger partial charge in [0.15, 0.2) is 0 Å². The fourth-order valence-corrected chi connectivity index (χ4v) is 4.81. The summed E-state index contributed by atoms with van der Waals surface area (Å²) in [5, 5.41) is 0. The monoisotopic (exact) mass is 202 g/mol. The fraction of sp³-hybridized carbons (Fsp3) is 0.733. The van der Waals surface area contributed by atoms with E-state index in [1.54, 1.807) is 0 Å². The minimum atomic E-state index is 0.585. The first-order valence-corrected chi connectivity index (χ1v) is 6.42. The second kappa shape index (κ2) is 2.78. The molecule has 0 saturated heterocycles. The Morgan fingerprint density at radius 1 is 1.47 bits per heavy atom. The summed E-state index contributed by atoms with van der Waals surface area (Å²) in [6.45, 7) is 11.6. The van der Waals surface area contributed by atoms with Crippen LogP contribution in [0.25, 0.3) is 0 Å². The lowest BCUT2D eigenvalue weighted by atomic mass is 9.35. The van der Waals surface area contributed by atoms with E-state index in [0.29, 0.717) is 5.41 Å². The molecule has 0 spiro atoms. The molecule has 15 heavy (non-hydrogen) atoms. The van der Waals surface area contributed by atoms with Crippen LogP contribution in [0, 0.1) is 35.0 Å². The maximum atomic E-state index is 4.27. The molecule has 4 aliphatic rings. The molecule has 3 unspecified atom stereocenters. The van der Waals surface area contributed by atoms with Crippen LogP contribution in [0.2, 0.25) is 0 Å². The van der Waals surface area contributed by atoms with Gasteiger partial charge in [-0.25, -0.2) is 0 Å². The van der Waals surface area contributed by atoms with E-state index >= 15 is 0 Å². The molecule has 4 aliphatic carbocycles. The van der Waals surface area contributed by atoms with E-state index in [0.717, 1.165) is 29.6 Å². The van der Waals surface area contributed by atoms with Gasteiger partial charge in [0.2, 0.25) is 0 Å². The van der Waals surface area contributed by atoms with Crippen LogP contribution in [0.15, 0.2) is 24.3 Å². The van der Waals surface area contributed by atoms with Crippen molar-refractivity contribution in [1.29, 1.82) is 0 Å². The van der Waals surface area contributed by atoms with E-state index in [-0.39, 0.29) is 0 Å². The van der Waals surface area contributed by atoms with Crippen molar-refractivity contribution in [3.05, 3.63) is 24.3 Å². The van der Waals surface area contributed by atoms with E-state index in [2.05, 4.69) is 39.5 Å². The maximum absolute atomic E-state index is 4.27. The van der Waals surface area contributed by atoms with Crippen LogP contribution in [-0.4, -0.2) is 0 Å². The Bertz CT molecular complexity index is 336. The van der Waals surface area contributed by atoms with Crippen molar-refractivity contribution >= 4 is 0 Å². The van der Waals surface area contributed by atoms with Crippen LogP contribution in [0.1, 0.15) is 33.6 Å². The zero-order chi connectivity index (χ0) is 10.8. The van der Waals surface area contributed by atoms with Gasteiger partial charge in [0.05, 0.1) is 0 Å². The Labute approximate surface area is 93.5 Å². The molecule has 0 N–H and O–H groups in total. The van der Waals surface area contributed by atoms with Crippen molar-refractivity contribution in [2.45, 2.75) is 33.6 Å². The molecular formula is C15H22. The zero-order valence-corrected chi connectivity index (χ0v) is 10.2. The van der Waals surface area contributed by atoms with Crippen LogP contribution >= 0.6 is 0 Å².